The van der Waals surface area contributed by atoms with Gasteiger partial charge in [0, 0.05) is 49.6 Å². The number of nitrogens with zero attached hydrogens (tertiary/aromatic N) is 3. The predicted molar refractivity (Wildman–Crippen MR) is 90.0 cm³/mol. The number of rotatable bonds is 5. The van der Waals surface area contributed by atoms with Crippen molar-refractivity contribution in [2.24, 2.45) is 17.8 Å². The molecular weight excluding hydrogens is 312 g/mol. The lowest BCUT2D eigenvalue weighted by atomic mass is 9.84. The molecule has 1 saturated heterocycles. The first-order valence-electron chi connectivity index (χ1n) is 8.56. The number of carbonyl (C=O) groups excluding carboxylic acids is 1. The summed E-state index contributed by atoms with van der Waals surface area (Å²) in [6, 6.07) is 0.338. The lowest BCUT2D eigenvalue weighted by Crippen LogP contribution is -2.45. The van der Waals surface area contributed by atoms with Gasteiger partial charge in [0.15, 0.2) is 0 Å². The highest BCUT2D eigenvalue weighted by atomic mass is 35.5. The molecule has 0 aromatic carbocycles. The minimum atomic E-state index is 0. The second-order valence-corrected chi connectivity index (χ2v) is 7.19. The molecule has 3 aliphatic rings. The summed E-state index contributed by atoms with van der Waals surface area (Å²) in [5, 5.41) is 3.36. The van der Waals surface area contributed by atoms with Gasteiger partial charge in [-0.05, 0) is 37.5 Å². The normalized spacial score (nSPS) is 28.0. The fourth-order valence-electron chi connectivity index (χ4n) is 3.84. The van der Waals surface area contributed by atoms with Crippen molar-refractivity contribution < 1.29 is 4.79 Å². The second kappa shape index (κ2) is 7.14. The van der Waals surface area contributed by atoms with Crippen molar-refractivity contribution in [1.82, 2.24) is 20.2 Å². The molecule has 4 rings (SSSR count). The van der Waals surface area contributed by atoms with E-state index in [0.717, 1.165) is 44.0 Å². The summed E-state index contributed by atoms with van der Waals surface area (Å²) >= 11 is 0. The lowest BCUT2D eigenvalue weighted by Gasteiger charge is -2.28. The number of amides is 1. The molecular formula is C17H25ClN4O. The third kappa shape index (κ3) is 3.83. The van der Waals surface area contributed by atoms with E-state index in [0.29, 0.717) is 17.9 Å². The van der Waals surface area contributed by atoms with E-state index in [9.17, 15) is 4.79 Å². The van der Waals surface area contributed by atoms with Crippen LogP contribution < -0.4 is 5.32 Å². The summed E-state index contributed by atoms with van der Waals surface area (Å²) in [4.78, 5) is 22.9. The average Bonchev–Trinajstić information content (AvgIpc) is 3.22. The average molecular weight is 337 g/mol. The Labute approximate surface area is 143 Å². The molecule has 126 valence electrons. The van der Waals surface area contributed by atoms with Crippen molar-refractivity contribution in [1.29, 1.82) is 0 Å². The first-order chi connectivity index (χ1) is 10.8. The summed E-state index contributed by atoms with van der Waals surface area (Å²) in [6.45, 7) is 2.95. The molecule has 1 N–H and O–H groups in total. The molecule has 2 atom stereocenters. The number of aromatic nitrogens is 2. The number of halogens is 1. The Hall–Kier alpha value is -1.20. The van der Waals surface area contributed by atoms with Crippen LogP contribution in [0.15, 0.2) is 18.7 Å². The molecule has 0 spiro atoms. The van der Waals surface area contributed by atoms with E-state index in [1.54, 1.807) is 6.33 Å². The quantitative estimate of drug-likeness (QED) is 0.893. The highest BCUT2D eigenvalue weighted by molar-refractivity contribution is 5.85. The van der Waals surface area contributed by atoms with Crippen LogP contribution in [0, 0.1) is 17.8 Å². The number of carbonyl (C=O) groups is 1. The fourth-order valence-corrected chi connectivity index (χ4v) is 3.84. The van der Waals surface area contributed by atoms with Gasteiger partial charge >= 0.3 is 0 Å². The van der Waals surface area contributed by atoms with Crippen molar-refractivity contribution >= 4 is 18.3 Å². The van der Waals surface area contributed by atoms with Crippen LogP contribution in [0.3, 0.4) is 0 Å². The topological polar surface area (TPSA) is 58.1 Å². The molecule has 0 bridgehead atoms. The number of likely N-dealkylation sites (tertiary alicyclic amines) is 1. The third-order valence-corrected chi connectivity index (χ3v) is 5.49. The van der Waals surface area contributed by atoms with Gasteiger partial charge in [0.2, 0.25) is 5.91 Å². The van der Waals surface area contributed by atoms with Gasteiger partial charge in [-0.1, -0.05) is 6.42 Å². The monoisotopic (exact) mass is 336 g/mol. The van der Waals surface area contributed by atoms with Crippen molar-refractivity contribution in [3.8, 4) is 0 Å². The van der Waals surface area contributed by atoms with E-state index in [1.165, 1.54) is 19.3 Å². The zero-order chi connectivity index (χ0) is 14.9. The van der Waals surface area contributed by atoms with Crippen molar-refractivity contribution in [3.63, 3.8) is 0 Å². The standard InChI is InChI=1S/C17H24N4O.ClH/c22-17(14-2-1-3-14)20-16-10-21(9-15(16)13-4-5-13)8-12-6-18-11-19-7-12;/h6-7,11,13-16H,1-5,8-10H2,(H,20,22);1H/t15-,16+;/m1./s1. The highest BCUT2D eigenvalue weighted by Gasteiger charge is 2.43. The Morgan fingerprint density at radius 2 is 1.91 bits per heavy atom. The van der Waals surface area contributed by atoms with Crippen LogP contribution in [0.5, 0.6) is 0 Å². The van der Waals surface area contributed by atoms with Crippen LogP contribution >= 0.6 is 12.4 Å². The zero-order valence-electron chi connectivity index (χ0n) is 13.4. The fraction of sp³-hybridized carbons (Fsp3) is 0.706. The number of nitrogens with one attached hydrogen (secondary N) is 1. The first kappa shape index (κ1) is 16.7. The molecule has 3 fully saturated rings. The van der Waals surface area contributed by atoms with Crippen LogP contribution in [0.2, 0.25) is 0 Å². The summed E-state index contributed by atoms with van der Waals surface area (Å²) < 4.78 is 0. The van der Waals surface area contributed by atoms with Crippen LogP contribution in [-0.4, -0.2) is 39.9 Å². The molecule has 1 aliphatic heterocycles. The summed E-state index contributed by atoms with van der Waals surface area (Å²) in [7, 11) is 0. The highest BCUT2D eigenvalue weighted by Crippen LogP contribution is 2.42. The number of hydrogen-bond acceptors (Lipinski definition) is 4. The molecule has 2 heterocycles. The van der Waals surface area contributed by atoms with E-state index < -0.39 is 0 Å². The van der Waals surface area contributed by atoms with Crippen LogP contribution in [0.1, 0.15) is 37.7 Å². The van der Waals surface area contributed by atoms with Gasteiger partial charge in [-0.15, -0.1) is 12.4 Å². The molecule has 5 nitrogen and oxygen atoms in total. The first-order valence-corrected chi connectivity index (χ1v) is 8.56. The second-order valence-electron chi connectivity index (χ2n) is 7.19. The maximum Gasteiger partial charge on any atom is 0.223 e. The maximum atomic E-state index is 12.3. The molecule has 1 aromatic rings. The van der Waals surface area contributed by atoms with Gasteiger partial charge in [0.1, 0.15) is 6.33 Å². The Balaban J connectivity index is 0.00000156. The van der Waals surface area contributed by atoms with Gasteiger partial charge in [-0.25, -0.2) is 9.97 Å². The third-order valence-electron chi connectivity index (χ3n) is 5.49. The van der Waals surface area contributed by atoms with Crippen LogP contribution in [-0.2, 0) is 11.3 Å². The molecule has 0 radical (unpaired) electrons. The van der Waals surface area contributed by atoms with E-state index >= 15 is 0 Å². The zero-order valence-corrected chi connectivity index (χ0v) is 14.2. The van der Waals surface area contributed by atoms with Crippen LogP contribution in [0.25, 0.3) is 0 Å². The molecule has 23 heavy (non-hydrogen) atoms. The molecule has 6 heteroatoms. The Kier molecular flexibility index (Phi) is 5.17. The molecule has 1 amide bonds. The predicted octanol–water partition coefficient (Wildman–Crippen LogP) is 2.03. The van der Waals surface area contributed by atoms with E-state index in [2.05, 4.69) is 20.2 Å². The molecule has 0 unspecified atom stereocenters. The largest absolute Gasteiger partial charge is 0.352 e. The Bertz CT molecular complexity index is 533. The van der Waals surface area contributed by atoms with Crippen molar-refractivity contribution in [3.05, 3.63) is 24.3 Å². The minimum absolute atomic E-state index is 0. The van der Waals surface area contributed by atoms with Crippen LogP contribution in [0.4, 0.5) is 0 Å². The lowest BCUT2D eigenvalue weighted by molar-refractivity contribution is -0.128. The van der Waals surface area contributed by atoms with E-state index in [1.807, 2.05) is 12.4 Å². The SMILES string of the molecule is Cl.O=C(N[C@H]1CN(Cc2cncnc2)C[C@@H]1C1CC1)C1CCC1. The van der Waals surface area contributed by atoms with Gasteiger partial charge in [0.25, 0.3) is 0 Å². The smallest absolute Gasteiger partial charge is 0.223 e. The van der Waals surface area contributed by atoms with Gasteiger partial charge in [-0.3, -0.25) is 9.69 Å². The van der Waals surface area contributed by atoms with Gasteiger partial charge in [0.05, 0.1) is 0 Å². The summed E-state index contributed by atoms with van der Waals surface area (Å²) in [6.07, 6.45) is 11.4. The van der Waals surface area contributed by atoms with Crippen molar-refractivity contribution in [2.45, 2.75) is 44.7 Å². The summed E-state index contributed by atoms with van der Waals surface area (Å²) in [5.74, 6) is 2.04. The van der Waals surface area contributed by atoms with E-state index in [4.69, 9.17) is 0 Å². The van der Waals surface area contributed by atoms with Crippen molar-refractivity contribution in [2.75, 3.05) is 13.1 Å². The Morgan fingerprint density at radius 1 is 1.17 bits per heavy atom. The molecule has 1 aromatic heterocycles. The Morgan fingerprint density at radius 3 is 2.52 bits per heavy atom. The molecule has 2 saturated carbocycles. The molecule has 2 aliphatic carbocycles. The van der Waals surface area contributed by atoms with E-state index in [-0.39, 0.29) is 18.3 Å². The minimum Gasteiger partial charge on any atom is -0.352 e. The summed E-state index contributed by atoms with van der Waals surface area (Å²) in [5.41, 5.74) is 1.16. The van der Waals surface area contributed by atoms with Gasteiger partial charge in [-0.2, -0.15) is 0 Å². The number of hydrogen-bond donors (Lipinski definition) is 1. The maximum absolute atomic E-state index is 12.3. The van der Waals surface area contributed by atoms with Gasteiger partial charge < -0.3 is 5.32 Å².